The van der Waals surface area contributed by atoms with Crippen molar-refractivity contribution in [2.45, 2.75) is 13.0 Å². The van der Waals surface area contributed by atoms with Gasteiger partial charge in [-0.1, -0.05) is 30.3 Å². The fraction of sp³-hybridized carbons (Fsp3) is 0.111. The first-order valence-electron chi connectivity index (χ1n) is 7.91. The van der Waals surface area contributed by atoms with Gasteiger partial charge >= 0.3 is 0 Å². The summed E-state index contributed by atoms with van der Waals surface area (Å²) in [6, 6.07) is 17.9. The number of rotatable bonds is 6. The van der Waals surface area contributed by atoms with Crippen LogP contribution in [0.25, 0.3) is 5.69 Å². The smallest absolute Gasteiger partial charge is 0.235 e. The Kier molecular flexibility index (Phi) is 4.20. The molecular formula is C18H16N6O. The molecule has 0 aliphatic heterocycles. The summed E-state index contributed by atoms with van der Waals surface area (Å²) >= 11 is 0. The van der Waals surface area contributed by atoms with Gasteiger partial charge in [-0.2, -0.15) is 5.10 Å². The van der Waals surface area contributed by atoms with Crippen molar-refractivity contribution in [2.24, 2.45) is 0 Å². The average Bonchev–Trinajstić information content (AvgIpc) is 3.33. The van der Waals surface area contributed by atoms with E-state index in [1.807, 2.05) is 54.6 Å². The van der Waals surface area contributed by atoms with Gasteiger partial charge in [0.05, 0.1) is 18.7 Å². The largest absolute Gasteiger partial charge is 0.423 e. The summed E-state index contributed by atoms with van der Waals surface area (Å²) < 4.78 is 7.39. The Labute approximate surface area is 144 Å². The SMILES string of the molecule is c1ccc(Cc2nnc(CNc3ccc(-n4cncn4)cc3)o2)cc1. The predicted molar refractivity (Wildman–Crippen MR) is 92.2 cm³/mol. The van der Waals surface area contributed by atoms with Crippen molar-refractivity contribution in [1.29, 1.82) is 0 Å². The summed E-state index contributed by atoms with van der Waals surface area (Å²) in [5, 5.41) is 15.5. The van der Waals surface area contributed by atoms with Gasteiger partial charge in [0.1, 0.15) is 12.7 Å². The Balaban J connectivity index is 1.35. The van der Waals surface area contributed by atoms with Crippen LogP contribution in [0.2, 0.25) is 0 Å². The van der Waals surface area contributed by atoms with E-state index >= 15 is 0 Å². The molecule has 2 aromatic carbocycles. The molecule has 4 aromatic rings. The Hall–Kier alpha value is -3.48. The maximum atomic E-state index is 5.68. The van der Waals surface area contributed by atoms with E-state index in [-0.39, 0.29) is 0 Å². The third-order valence-electron chi connectivity index (χ3n) is 3.70. The van der Waals surface area contributed by atoms with Gasteiger partial charge in [-0.25, -0.2) is 9.67 Å². The van der Waals surface area contributed by atoms with Crippen LogP contribution in [0.15, 0.2) is 71.7 Å². The van der Waals surface area contributed by atoms with Crippen LogP contribution in [0.3, 0.4) is 0 Å². The topological polar surface area (TPSA) is 81.7 Å². The first-order valence-corrected chi connectivity index (χ1v) is 7.91. The lowest BCUT2D eigenvalue weighted by Gasteiger charge is -2.05. The normalized spacial score (nSPS) is 10.7. The molecule has 0 saturated carbocycles. The summed E-state index contributed by atoms with van der Waals surface area (Å²) in [5.74, 6) is 1.18. The Morgan fingerprint density at radius 2 is 1.72 bits per heavy atom. The minimum absolute atomic E-state index is 0.477. The molecule has 0 fully saturated rings. The van der Waals surface area contributed by atoms with E-state index in [1.165, 1.54) is 6.33 Å². The minimum atomic E-state index is 0.477. The third-order valence-corrected chi connectivity index (χ3v) is 3.70. The standard InChI is InChI=1S/C18H16N6O/c1-2-4-14(5-3-1)10-17-22-23-18(25-17)11-20-15-6-8-16(9-7-15)24-13-19-12-21-24/h1-9,12-13,20H,10-11H2. The van der Waals surface area contributed by atoms with Crippen molar-refractivity contribution in [3.63, 3.8) is 0 Å². The van der Waals surface area contributed by atoms with Crippen LogP contribution < -0.4 is 5.32 Å². The summed E-state index contributed by atoms with van der Waals surface area (Å²) in [5.41, 5.74) is 3.06. The fourth-order valence-corrected chi connectivity index (χ4v) is 2.45. The molecule has 124 valence electrons. The van der Waals surface area contributed by atoms with Crippen molar-refractivity contribution in [3.8, 4) is 5.69 Å². The average molecular weight is 332 g/mol. The van der Waals surface area contributed by atoms with Crippen molar-refractivity contribution in [2.75, 3.05) is 5.32 Å². The summed E-state index contributed by atoms with van der Waals surface area (Å²) in [6.07, 6.45) is 3.81. The number of aromatic nitrogens is 5. The van der Waals surface area contributed by atoms with Crippen LogP contribution in [0, 0.1) is 0 Å². The predicted octanol–water partition coefficient (Wildman–Crippen LogP) is 2.85. The molecule has 7 heteroatoms. The van der Waals surface area contributed by atoms with Gasteiger partial charge in [-0.15, -0.1) is 10.2 Å². The second kappa shape index (κ2) is 6.96. The summed E-state index contributed by atoms with van der Waals surface area (Å²) in [6.45, 7) is 0.477. The molecule has 0 spiro atoms. The number of nitrogens with one attached hydrogen (secondary N) is 1. The van der Waals surface area contributed by atoms with E-state index in [9.17, 15) is 0 Å². The molecule has 0 unspecified atom stereocenters. The van der Waals surface area contributed by atoms with E-state index in [0.29, 0.717) is 24.7 Å². The van der Waals surface area contributed by atoms with Crippen LogP contribution in [-0.2, 0) is 13.0 Å². The van der Waals surface area contributed by atoms with E-state index < -0.39 is 0 Å². The molecular weight excluding hydrogens is 316 g/mol. The molecule has 0 amide bonds. The zero-order valence-corrected chi connectivity index (χ0v) is 13.4. The highest BCUT2D eigenvalue weighted by molar-refractivity contribution is 5.48. The number of anilines is 1. The zero-order chi connectivity index (χ0) is 16.9. The molecule has 0 aliphatic carbocycles. The fourth-order valence-electron chi connectivity index (χ4n) is 2.45. The van der Waals surface area contributed by atoms with E-state index in [2.05, 4.69) is 25.6 Å². The van der Waals surface area contributed by atoms with Gasteiger partial charge in [0.25, 0.3) is 0 Å². The zero-order valence-electron chi connectivity index (χ0n) is 13.4. The molecule has 7 nitrogen and oxygen atoms in total. The molecule has 0 saturated heterocycles. The van der Waals surface area contributed by atoms with Gasteiger partial charge in [0.15, 0.2) is 0 Å². The van der Waals surface area contributed by atoms with Crippen LogP contribution in [0.5, 0.6) is 0 Å². The summed E-state index contributed by atoms with van der Waals surface area (Å²) in [4.78, 5) is 3.94. The lowest BCUT2D eigenvalue weighted by atomic mass is 10.2. The van der Waals surface area contributed by atoms with Crippen LogP contribution in [0.1, 0.15) is 17.3 Å². The highest BCUT2D eigenvalue weighted by atomic mass is 16.4. The molecule has 2 heterocycles. The Bertz CT molecular complexity index is 916. The van der Waals surface area contributed by atoms with Gasteiger partial charge < -0.3 is 9.73 Å². The summed E-state index contributed by atoms with van der Waals surface area (Å²) in [7, 11) is 0. The van der Waals surface area contributed by atoms with Crippen molar-refractivity contribution in [1.82, 2.24) is 25.0 Å². The number of hydrogen-bond donors (Lipinski definition) is 1. The van der Waals surface area contributed by atoms with Crippen molar-refractivity contribution in [3.05, 3.63) is 84.6 Å². The Morgan fingerprint density at radius 3 is 2.48 bits per heavy atom. The first kappa shape index (κ1) is 15.1. The lowest BCUT2D eigenvalue weighted by molar-refractivity contribution is 0.464. The van der Waals surface area contributed by atoms with Crippen LogP contribution >= 0.6 is 0 Å². The maximum absolute atomic E-state index is 5.68. The molecule has 1 N–H and O–H groups in total. The number of nitrogens with zero attached hydrogens (tertiary/aromatic N) is 5. The van der Waals surface area contributed by atoms with E-state index in [0.717, 1.165) is 16.9 Å². The monoisotopic (exact) mass is 332 g/mol. The molecule has 2 aromatic heterocycles. The van der Waals surface area contributed by atoms with Crippen molar-refractivity contribution < 1.29 is 4.42 Å². The number of benzene rings is 2. The quantitative estimate of drug-likeness (QED) is 0.585. The molecule has 0 radical (unpaired) electrons. The van der Waals surface area contributed by atoms with Gasteiger partial charge in [-0.3, -0.25) is 0 Å². The second-order valence-corrected chi connectivity index (χ2v) is 5.49. The minimum Gasteiger partial charge on any atom is -0.423 e. The molecule has 25 heavy (non-hydrogen) atoms. The Morgan fingerprint density at radius 1 is 0.920 bits per heavy atom. The van der Waals surface area contributed by atoms with Gasteiger partial charge in [0, 0.05) is 5.69 Å². The van der Waals surface area contributed by atoms with Crippen LogP contribution in [0.4, 0.5) is 5.69 Å². The van der Waals surface area contributed by atoms with Crippen molar-refractivity contribution >= 4 is 5.69 Å². The van der Waals surface area contributed by atoms with Crippen LogP contribution in [-0.4, -0.2) is 25.0 Å². The molecule has 0 bridgehead atoms. The highest BCUT2D eigenvalue weighted by Gasteiger charge is 2.07. The lowest BCUT2D eigenvalue weighted by Crippen LogP contribution is -2.00. The number of hydrogen-bond acceptors (Lipinski definition) is 6. The molecule has 0 atom stereocenters. The molecule has 0 aliphatic rings. The second-order valence-electron chi connectivity index (χ2n) is 5.49. The first-order chi connectivity index (χ1) is 12.4. The van der Waals surface area contributed by atoms with Gasteiger partial charge in [0.2, 0.25) is 11.8 Å². The van der Waals surface area contributed by atoms with E-state index in [4.69, 9.17) is 4.42 Å². The third kappa shape index (κ3) is 3.72. The van der Waals surface area contributed by atoms with E-state index in [1.54, 1.807) is 11.0 Å². The molecule has 4 rings (SSSR count). The van der Waals surface area contributed by atoms with Gasteiger partial charge in [-0.05, 0) is 29.8 Å². The maximum Gasteiger partial charge on any atom is 0.235 e. The highest BCUT2D eigenvalue weighted by Crippen LogP contribution is 2.14.